The molecule has 2 heterocycles. The summed E-state index contributed by atoms with van der Waals surface area (Å²) in [5, 5.41) is 9.58. The number of aromatic hydroxyl groups is 1. The van der Waals surface area contributed by atoms with E-state index in [1.807, 2.05) is 30.3 Å². The van der Waals surface area contributed by atoms with Crippen molar-refractivity contribution in [2.45, 2.75) is 6.54 Å². The summed E-state index contributed by atoms with van der Waals surface area (Å²) in [6, 6.07) is 20.1. The highest BCUT2D eigenvalue weighted by molar-refractivity contribution is 5.91. The molecule has 0 atom stereocenters. The molecule has 9 heteroatoms. The molecular formula is C28H30N2O7. The van der Waals surface area contributed by atoms with Gasteiger partial charge in [0.15, 0.2) is 0 Å². The van der Waals surface area contributed by atoms with Crippen LogP contribution >= 0.6 is 0 Å². The molecule has 0 spiro atoms. The zero-order valence-electron chi connectivity index (χ0n) is 20.5. The van der Waals surface area contributed by atoms with Crippen molar-refractivity contribution < 1.29 is 33.6 Å². The number of benzene rings is 3. The van der Waals surface area contributed by atoms with E-state index in [1.54, 1.807) is 24.3 Å². The predicted molar refractivity (Wildman–Crippen MR) is 138 cm³/mol. The lowest BCUT2D eigenvalue weighted by atomic mass is 10.1. The maximum Gasteiger partial charge on any atom is 0.420 e. The third-order valence-corrected chi connectivity index (χ3v) is 6.13. The highest BCUT2D eigenvalue weighted by atomic mass is 16.6. The fourth-order valence-corrected chi connectivity index (χ4v) is 4.20. The maximum absolute atomic E-state index is 12.4. The summed E-state index contributed by atoms with van der Waals surface area (Å²) >= 11 is 0. The molecule has 0 radical (unpaired) electrons. The van der Waals surface area contributed by atoms with Crippen LogP contribution in [0.15, 0.2) is 66.7 Å². The number of ether oxygens (including phenoxy) is 5. The number of nitrogens with zero attached hydrogens (tertiary/aromatic N) is 2. The van der Waals surface area contributed by atoms with Gasteiger partial charge in [-0.05, 0) is 48.5 Å². The van der Waals surface area contributed by atoms with E-state index in [-0.39, 0.29) is 5.75 Å². The third kappa shape index (κ3) is 6.44. The van der Waals surface area contributed by atoms with Crippen molar-refractivity contribution in [1.29, 1.82) is 0 Å². The Bertz CT molecular complexity index is 1200. The van der Waals surface area contributed by atoms with E-state index in [4.69, 9.17) is 23.7 Å². The van der Waals surface area contributed by atoms with Gasteiger partial charge in [-0.1, -0.05) is 6.07 Å². The van der Waals surface area contributed by atoms with Crippen LogP contribution in [0.1, 0.15) is 5.56 Å². The topological polar surface area (TPSA) is 89.9 Å². The van der Waals surface area contributed by atoms with E-state index >= 15 is 0 Å². The van der Waals surface area contributed by atoms with Gasteiger partial charge >= 0.3 is 6.09 Å². The lowest BCUT2D eigenvalue weighted by Gasteiger charge is -2.29. The van der Waals surface area contributed by atoms with Crippen LogP contribution in [0.5, 0.6) is 23.0 Å². The Morgan fingerprint density at radius 1 is 0.811 bits per heavy atom. The molecule has 5 rings (SSSR count). The summed E-state index contributed by atoms with van der Waals surface area (Å²) < 4.78 is 28.0. The summed E-state index contributed by atoms with van der Waals surface area (Å²) in [6.07, 6.45) is -0.491. The number of phenols is 1. The summed E-state index contributed by atoms with van der Waals surface area (Å²) in [6.45, 7) is 5.38. The molecule has 1 amide bonds. The van der Waals surface area contributed by atoms with Crippen LogP contribution in [-0.2, 0) is 16.0 Å². The average molecular weight is 507 g/mol. The number of hydrogen-bond donors (Lipinski definition) is 1. The van der Waals surface area contributed by atoms with Gasteiger partial charge in [-0.3, -0.25) is 4.90 Å². The molecule has 2 aliphatic heterocycles. The van der Waals surface area contributed by atoms with Gasteiger partial charge in [-0.25, -0.2) is 4.79 Å². The Balaban J connectivity index is 1.01. The SMILES string of the molecule is O=C1Oc2cc(O)ccc2CN1c1ccc(OCCOCCOc2cccc(N3CCOCC3)c2)cc1. The van der Waals surface area contributed by atoms with Crippen molar-refractivity contribution >= 4 is 17.5 Å². The largest absolute Gasteiger partial charge is 0.508 e. The van der Waals surface area contributed by atoms with E-state index in [1.165, 1.54) is 11.0 Å². The van der Waals surface area contributed by atoms with Gasteiger partial charge in [0.1, 0.15) is 36.2 Å². The molecule has 2 aliphatic rings. The molecule has 194 valence electrons. The highest BCUT2D eigenvalue weighted by Crippen LogP contribution is 2.32. The number of morpholine rings is 1. The Morgan fingerprint density at radius 2 is 1.57 bits per heavy atom. The lowest BCUT2D eigenvalue weighted by Crippen LogP contribution is -2.36. The first kappa shape index (κ1) is 24.7. The summed E-state index contributed by atoms with van der Waals surface area (Å²) in [4.78, 5) is 16.2. The number of phenolic OH excluding ortho intramolecular Hbond substituents is 1. The zero-order valence-corrected chi connectivity index (χ0v) is 20.5. The number of carbonyl (C=O) groups excluding carboxylic acids is 1. The van der Waals surface area contributed by atoms with Crippen molar-refractivity contribution in [3.63, 3.8) is 0 Å². The molecule has 1 saturated heterocycles. The van der Waals surface area contributed by atoms with Gasteiger partial charge in [0.05, 0.1) is 33.0 Å². The highest BCUT2D eigenvalue weighted by Gasteiger charge is 2.26. The second kappa shape index (κ2) is 11.9. The Morgan fingerprint density at radius 3 is 2.35 bits per heavy atom. The summed E-state index contributed by atoms with van der Waals surface area (Å²) in [5.74, 6) is 1.95. The summed E-state index contributed by atoms with van der Waals surface area (Å²) in [5.41, 5.74) is 2.66. The van der Waals surface area contributed by atoms with Crippen molar-refractivity contribution in [3.05, 3.63) is 72.3 Å². The molecule has 0 bridgehead atoms. The van der Waals surface area contributed by atoms with Gasteiger partial charge in [0.25, 0.3) is 0 Å². The van der Waals surface area contributed by atoms with Crippen LogP contribution < -0.4 is 24.0 Å². The first-order valence-corrected chi connectivity index (χ1v) is 12.3. The Hall–Kier alpha value is -3.95. The van der Waals surface area contributed by atoms with Crippen LogP contribution in [0, 0.1) is 0 Å². The quantitative estimate of drug-likeness (QED) is 0.409. The molecule has 1 fully saturated rings. The first-order valence-electron chi connectivity index (χ1n) is 12.3. The van der Waals surface area contributed by atoms with Crippen LogP contribution in [0.25, 0.3) is 0 Å². The van der Waals surface area contributed by atoms with Crippen molar-refractivity contribution in [3.8, 4) is 23.0 Å². The number of amides is 1. The minimum Gasteiger partial charge on any atom is -0.508 e. The number of anilines is 2. The molecule has 0 unspecified atom stereocenters. The monoisotopic (exact) mass is 506 g/mol. The van der Waals surface area contributed by atoms with E-state index in [0.717, 1.165) is 43.3 Å². The zero-order chi connectivity index (χ0) is 25.5. The second-order valence-corrected chi connectivity index (χ2v) is 8.65. The van der Waals surface area contributed by atoms with Crippen LogP contribution in [-0.4, -0.2) is 63.9 Å². The Labute approximate surface area is 215 Å². The van der Waals surface area contributed by atoms with Gasteiger partial charge < -0.3 is 33.7 Å². The normalized spacial score (nSPS) is 15.2. The molecule has 3 aromatic carbocycles. The fourth-order valence-electron chi connectivity index (χ4n) is 4.20. The fraction of sp³-hybridized carbons (Fsp3) is 0.321. The van der Waals surface area contributed by atoms with Gasteiger partial charge in [-0.2, -0.15) is 0 Å². The van der Waals surface area contributed by atoms with Crippen molar-refractivity contribution in [2.24, 2.45) is 0 Å². The van der Waals surface area contributed by atoms with Gasteiger partial charge in [-0.15, -0.1) is 0 Å². The molecule has 0 saturated carbocycles. The molecule has 37 heavy (non-hydrogen) atoms. The minimum absolute atomic E-state index is 0.0623. The van der Waals surface area contributed by atoms with Gasteiger partial charge in [0, 0.05) is 42.2 Å². The van der Waals surface area contributed by atoms with E-state index in [0.29, 0.717) is 50.2 Å². The van der Waals surface area contributed by atoms with Crippen molar-refractivity contribution in [2.75, 3.05) is 62.5 Å². The van der Waals surface area contributed by atoms with Crippen LogP contribution in [0.3, 0.4) is 0 Å². The van der Waals surface area contributed by atoms with Crippen LogP contribution in [0.4, 0.5) is 16.2 Å². The summed E-state index contributed by atoms with van der Waals surface area (Å²) in [7, 11) is 0. The van der Waals surface area contributed by atoms with E-state index in [9.17, 15) is 9.90 Å². The first-order chi connectivity index (χ1) is 18.2. The lowest BCUT2D eigenvalue weighted by molar-refractivity contribution is 0.0764. The standard InChI is InChI=1S/C28H30N2O7/c31-24-7-4-21-20-30(28(32)37-27(21)19-24)22-5-8-25(9-6-22)35-16-14-34-15-17-36-26-3-1-2-23(18-26)29-10-12-33-13-11-29/h1-9,18-19,31H,10-17,20H2. The second-order valence-electron chi connectivity index (χ2n) is 8.65. The number of fused-ring (bicyclic) bond motifs is 1. The number of hydrogen-bond acceptors (Lipinski definition) is 8. The molecule has 9 nitrogen and oxygen atoms in total. The minimum atomic E-state index is -0.491. The maximum atomic E-state index is 12.4. The average Bonchev–Trinajstić information content (AvgIpc) is 2.93. The van der Waals surface area contributed by atoms with Crippen molar-refractivity contribution in [1.82, 2.24) is 0 Å². The van der Waals surface area contributed by atoms with Crippen LogP contribution in [0.2, 0.25) is 0 Å². The van der Waals surface area contributed by atoms with Gasteiger partial charge in [0.2, 0.25) is 0 Å². The molecular weight excluding hydrogens is 476 g/mol. The third-order valence-electron chi connectivity index (χ3n) is 6.13. The molecule has 0 aromatic heterocycles. The molecule has 3 aromatic rings. The molecule has 0 aliphatic carbocycles. The Kier molecular flexibility index (Phi) is 7.93. The predicted octanol–water partition coefficient (Wildman–Crippen LogP) is 4.22. The smallest absolute Gasteiger partial charge is 0.420 e. The molecule has 1 N–H and O–H groups in total. The van der Waals surface area contributed by atoms with E-state index in [2.05, 4.69) is 11.0 Å². The number of rotatable bonds is 10. The number of carbonyl (C=O) groups is 1. The van der Waals surface area contributed by atoms with E-state index < -0.39 is 6.09 Å².